The minimum absolute atomic E-state index is 0.0326. The number of rotatable bonds is 2. The van der Waals surface area contributed by atoms with Crippen LogP contribution in [0.3, 0.4) is 0 Å². The molecule has 78 valence electrons. The van der Waals surface area contributed by atoms with Gasteiger partial charge in [0, 0.05) is 12.3 Å². The lowest BCUT2D eigenvalue weighted by atomic mass is 10.1. The maximum Gasteiger partial charge on any atom is 0.427 e. The van der Waals surface area contributed by atoms with Crippen molar-refractivity contribution in [1.29, 1.82) is 0 Å². The average molecular weight is 205 g/mol. The van der Waals surface area contributed by atoms with Crippen molar-refractivity contribution >= 4 is 0 Å². The number of pyridine rings is 1. The standard InChI is InChI=1S/C9H10F3NO/c1-8(2,9(10,11)12)14-7-5-3-4-6-13-7/h3-6H,1-2H3. The zero-order valence-corrected chi connectivity index (χ0v) is 7.80. The quantitative estimate of drug-likeness (QED) is 0.740. The summed E-state index contributed by atoms with van der Waals surface area (Å²) in [6.45, 7) is 1.92. The fourth-order valence-electron chi connectivity index (χ4n) is 0.727. The van der Waals surface area contributed by atoms with E-state index in [1.165, 1.54) is 12.3 Å². The fraction of sp³-hybridized carbons (Fsp3) is 0.444. The Labute approximate surface area is 79.7 Å². The zero-order valence-electron chi connectivity index (χ0n) is 7.80. The van der Waals surface area contributed by atoms with E-state index in [4.69, 9.17) is 4.74 Å². The highest BCUT2D eigenvalue weighted by Gasteiger charge is 2.50. The largest absolute Gasteiger partial charge is 0.462 e. The molecule has 0 bridgehead atoms. The summed E-state index contributed by atoms with van der Waals surface area (Å²) >= 11 is 0. The van der Waals surface area contributed by atoms with Crippen LogP contribution < -0.4 is 4.74 Å². The zero-order chi connectivity index (χ0) is 10.8. The molecule has 2 nitrogen and oxygen atoms in total. The molecule has 0 atom stereocenters. The molecule has 0 aliphatic rings. The lowest BCUT2D eigenvalue weighted by Gasteiger charge is -2.27. The number of hydrogen-bond acceptors (Lipinski definition) is 2. The summed E-state index contributed by atoms with van der Waals surface area (Å²) in [7, 11) is 0. The van der Waals surface area contributed by atoms with Gasteiger partial charge in [-0.25, -0.2) is 4.98 Å². The van der Waals surface area contributed by atoms with E-state index in [0.717, 1.165) is 13.8 Å². The van der Waals surface area contributed by atoms with Crippen LogP contribution in [-0.2, 0) is 0 Å². The Morgan fingerprint density at radius 1 is 1.21 bits per heavy atom. The monoisotopic (exact) mass is 205 g/mol. The first-order valence-electron chi connectivity index (χ1n) is 4.00. The molecule has 1 aromatic heterocycles. The van der Waals surface area contributed by atoms with Crippen LogP contribution in [0.25, 0.3) is 0 Å². The maximum absolute atomic E-state index is 12.4. The van der Waals surface area contributed by atoms with Gasteiger partial charge in [-0.3, -0.25) is 0 Å². The first-order valence-corrected chi connectivity index (χ1v) is 4.00. The molecule has 1 heterocycles. The molecule has 0 aromatic carbocycles. The van der Waals surface area contributed by atoms with Crippen LogP contribution in [0.5, 0.6) is 5.88 Å². The lowest BCUT2D eigenvalue weighted by molar-refractivity contribution is -0.235. The second-order valence-corrected chi connectivity index (χ2v) is 3.28. The summed E-state index contributed by atoms with van der Waals surface area (Å²) in [5.74, 6) is -0.0326. The van der Waals surface area contributed by atoms with Crippen molar-refractivity contribution in [3.05, 3.63) is 24.4 Å². The Bertz CT molecular complexity index is 295. The molecule has 0 aliphatic carbocycles. The van der Waals surface area contributed by atoms with Crippen molar-refractivity contribution in [1.82, 2.24) is 4.98 Å². The second-order valence-electron chi connectivity index (χ2n) is 3.28. The number of nitrogens with zero attached hydrogens (tertiary/aromatic N) is 1. The molecule has 5 heteroatoms. The van der Waals surface area contributed by atoms with Crippen molar-refractivity contribution in [3.8, 4) is 5.88 Å². The Morgan fingerprint density at radius 3 is 2.29 bits per heavy atom. The predicted octanol–water partition coefficient (Wildman–Crippen LogP) is 2.80. The number of ether oxygens (including phenoxy) is 1. The smallest absolute Gasteiger partial charge is 0.427 e. The van der Waals surface area contributed by atoms with Gasteiger partial charge >= 0.3 is 6.18 Å². The summed E-state index contributed by atoms with van der Waals surface area (Å²) in [6.07, 6.45) is -3.04. The molecular formula is C9H10F3NO. The number of alkyl halides is 3. The molecule has 1 rings (SSSR count). The molecule has 14 heavy (non-hydrogen) atoms. The molecule has 0 unspecified atom stereocenters. The van der Waals surface area contributed by atoms with Crippen LogP contribution in [0.15, 0.2) is 24.4 Å². The Morgan fingerprint density at radius 2 is 1.86 bits per heavy atom. The van der Waals surface area contributed by atoms with Crippen LogP contribution in [0.1, 0.15) is 13.8 Å². The molecule has 0 saturated heterocycles. The van der Waals surface area contributed by atoms with Gasteiger partial charge in [0.1, 0.15) is 0 Å². The van der Waals surface area contributed by atoms with Gasteiger partial charge in [0.2, 0.25) is 5.88 Å². The van der Waals surface area contributed by atoms with Gasteiger partial charge in [-0.05, 0) is 19.9 Å². The minimum Gasteiger partial charge on any atom is -0.462 e. The van der Waals surface area contributed by atoms with E-state index in [0.29, 0.717) is 0 Å². The van der Waals surface area contributed by atoms with Crippen molar-refractivity contribution in [3.63, 3.8) is 0 Å². The maximum atomic E-state index is 12.4. The van der Waals surface area contributed by atoms with Crippen molar-refractivity contribution in [2.75, 3.05) is 0 Å². The third kappa shape index (κ3) is 2.37. The molecule has 0 amide bonds. The first-order chi connectivity index (χ1) is 6.33. The molecule has 1 aromatic rings. The fourth-order valence-corrected chi connectivity index (χ4v) is 0.727. The molecule has 0 spiro atoms. The van der Waals surface area contributed by atoms with Gasteiger partial charge in [0.15, 0.2) is 5.60 Å². The lowest BCUT2D eigenvalue weighted by Crippen LogP contribution is -2.44. The summed E-state index contributed by atoms with van der Waals surface area (Å²) in [4.78, 5) is 3.66. The van der Waals surface area contributed by atoms with Crippen LogP contribution in [0, 0.1) is 0 Å². The molecule has 0 aliphatic heterocycles. The van der Waals surface area contributed by atoms with E-state index in [-0.39, 0.29) is 5.88 Å². The van der Waals surface area contributed by atoms with E-state index in [9.17, 15) is 13.2 Å². The third-order valence-electron chi connectivity index (χ3n) is 1.68. The SMILES string of the molecule is CC(C)(Oc1ccccn1)C(F)(F)F. The van der Waals surface area contributed by atoms with E-state index >= 15 is 0 Å². The van der Waals surface area contributed by atoms with E-state index < -0.39 is 11.8 Å². The van der Waals surface area contributed by atoms with Crippen molar-refractivity contribution < 1.29 is 17.9 Å². The number of aromatic nitrogens is 1. The molecule has 0 N–H and O–H groups in total. The normalized spacial score (nSPS) is 12.6. The molecular weight excluding hydrogens is 195 g/mol. The highest BCUT2D eigenvalue weighted by atomic mass is 19.4. The number of hydrogen-bond donors (Lipinski definition) is 0. The van der Waals surface area contributed by atoms with Crippen LogP contribution in [0.4, 0.5) is 13.2 Å². The van der Waals surface area contributed by atoms with Gasteiger partial charge in [0.25, 0.3) is 0 Å². The van der Waals surface area contributed by atoms with Crippen molar-refractivity contribution in [2.45, 2.75) is 25.6 Å². The van der Waals surface area contributed by atoms with E-state index in [1.807, 2.05) is 0 Å². The minimum atomic E-state index is -4.41. The molecule has 0 radical (unpaired) electrons. The average Bonchev–Trinajstić information content (AvgIpc) is 2.03. The van der Waals surface area contributed by atoms with Gasteiger partial charge in [-0.15, -0.1) is 0 Å². The van der Waals surface area contributed by atoms with Gasteiger partial charge < -0.3 is 4.74 Å². The summed E-state index contributed by atoms with van der Waals surface area (Å²) < 4.78 is 41.8. The highest BCUT2D eigenvalue weighted by Crippen LogP contribution is 2.33. The van der Waals surface area contributed by atoms with Crippen LogP contribution >= 0.6 is 0 Å². The predicted molar refractivity (Wildman–Crippen MR) is 45.0 cm³/mol. The van der Waals surface area contributed by atoms with Gasteiger partial charge in [-0.1, -0.05) is 6.07 Å². The Balaban J connectivity index is 2.79. The molecule has 0 fully saturated rings. The van der Waals surface area contributed by atoms with Gasteiger partial charge in [0.05, 0.1) is 0 Å². The topological polar surface area (TPSA) is 22.1 Å². The summed E-state index contributed by atoms with van der Waals surface area (Å²) in [6, 6.07) is 4.55. The van der Waals surface area contributed by atoms with E-state index in [2.05, 4.69) is 4.98 Å². The number of halogens is 3. The van der Waals surface area contributed by atoms with Crippen molar-refractivity contribution in [2.24, 2.45) is 0 Å². The second kappa shape index (κ2) is 3.48. The van der Waals surface area contributed by atoms with E-state index in [1.54, 1.807) is 12.1 Å². The Hall–Kier alpha value is -1.26. The third-order valence-corrected chi connectivity index (χ3v) is 1.68. The van der Waals surface area contributed by atoms with Crippen LogP contribution in [-0.4, -0.2) is 16.8 Å². The summed E-state index contributed by atoms with van der Waals surface area (Å²) in [5, 5.41) is 0. The highest BCUT2D eigenvalue weighted by molar-refractivity contribution is 5.11. The van der Waals surface area contributed by atoms with Gasteiger partial charge in [-0.2, -0.15) is 13.2 Å². The van der Waals surface area contributed by atoms with Crippen LogP contribution in [0.2, 0.25) is 0 Å². The summed E-state index contributed by atoms with van der Waals surface area (Å²) in [5.41, 5.74) is -2.22. The first kappa shape index (κ1) is 10.8. The molecule has 0 saturated carbocycles. The Kier molecular flexibility index (Phi) is 2.69.